The number of fused-ring (bicyclic) bond motifs is 1. The fraction of sp³-hybridized carbons (Fsp3) is 0.857. The number of carbonyl (C=O) groups is 2. The van der Waals surface area contributed by atoms with Crippen molar-refractivity contribution >= 4 is 12.1 Å². The summed E-state index contributed by atoms with van der Waals surface area (Å²) < 4.78 is 44.6. The maximum Gasteiger partial charge on any atom is 0.410 e. The molecule has 2 aliphatic heterocycles. The molecule has 0 aromatic rings. The van der Waals surface area contributed by atoms with Crippen molar-refractivity contribution < 1.29 is 32.6 Å². The minimum absolute atomic E-state index is 0.205. The molecule has 3 fully saturated rings. The standard InChI is InChI=1S/C14H20F3NO4/c1-13(2,3)22-12(21)18-6-7-4-9(18)11(7)8(5-10(19)20)14(15,16)17/h7-9,11H,4-6H2,1-3H3,(H,19,20)/t7-,8?,9-,11?/m0/s1. The van der Waals surface area contributed by atoms with Crippen LogP contribution in [0, 0.1) is 17.8 Å². The molecular weight excluding hydrogens is 303 g/mol. The highest BCUT2D eigenvalue weighted by Crippen LogP contribution is 2.54. The minimum Gasteiger partial charge on any atom is -0.481 e. The molecule has 0 aromatic heterocycles. The van der Waals surface area contributed by atoms with E-state index in [1.807, 2.05) is 0 Å². The van der Waals surface area contributed by atoms with Crippen molar-refractivity contribution in [3.63, 3.8) is 0 Å². The lowest BCUT2D eigenvalue weighted by Gasteiger charge is -2.41. The molecule has 22 heavy (non-hydrogen) atoms. The molecule has 8 heteroatoms. The molecule has 126 valence electrons. The van der Waals surface area contributed by atoms with Crippen molar-refractivity contribution in [1.82, 2.24) is 4.90 Å². The summed E-state index contributed by atoms with van der Waals surface area (Å²) in [6.45, 7) is 5.26. The van der Waals surface area contributed by atoms with Crippen molar-refractivity contribution in [3.8, 4) is 0 Å². The van der Waals surface area contributed by atoms with Crippen LogP contribution in [0.1, 0.15) is 33.6 Å². The Kier molecular flexibility index (Phi) is 4.08. The Hall–Kier alpha value is -1.47. The predicted octanol–water partition coefficient (Wildman–Crippen LogP) is 2.90. The van der Waals surface area contributed by atoms with Gasteiger partial charge in [-0.15, -0.1) is 0 Å². The van der Waals surface area contributed by atoms with Gasteiger partial charge in [0.15, 0.2) is 0 Å². The van der Waals surface area contributed by atoms with E-state index in [1.54, 1.807) is 20.8 Å². The van der Waals surface area contributed by atoms with Crippen LogP contribution in [0.15, 0.2) is 0 Å². The number of amides is 1. The summed E-state index contributed by atoms with van der Waals surface area (Å²) >= 11 is 0. The molecule has 2 unspecified atom stereocenters. The van der Waals surface area contributed by atoms with Crippen molar-refractivity contribution in [3.05, 3.63) is 0 Å². The van der Waals surface area contributed by atoms with Gasteiger partial charge in [-0.1, -0.05) is 0 Å². The molecule has 1 aliphatic carbocycles. The summed E-state index contributed by atoms with van der Waals surface area (Å²) in [5.41, 5.74) is -0.718. The van der Waals surface area contributed by atoms with Crippen molar-refractivity contribution in [1.29, 1.82) is 0 Å². The topological polar surface area (TPSA) is 66.8 Å². The Labute approximate surface area is 126 Å². The van der Waals surface area contributed by atoms with E-state index in [0.717, 1.165) is 0 Å². The minimum atomic E-state index is -4.58. The van der Waals surface area contributed by atoms with E-state index in [0.29, 0.717) is 6.42 Å². The van der Waals surface area contributed by atoms with Crippen molar-refractivity contribution in [2.45, 2.75) is 51.4 Å². The van der Waals surface area contributed by atoms with Crippen LogP contribution in [0.4, 0.5) is 18.0 Å². The predicted molar refractivity (Wildman–Crippen MR) is 70.1 cm³/mol. The maximum atomic E-state index is 13.1. The summed E-state index contributed by atoms with van der Waals surface area (Å²) in [6, 6.07) is -0.578. The lowest BCUT2D eigenvalue weighted by molar-refractivity contribution is -0.208. The molecule has 2 heterocycles. The number of hydrogen-bond donors (Lipinski definition) is 1. The van der Waals surface area contributed by atoms with Crippen LogP contribution < -0.4 is 0 Å². The van der Waals surface area contributed by atoms with Gasteiger partial charge in [-0.2, -0.15) is 13.2 Å². The van der Waals surface area contributed by atoms with E-state index in [4.69, 9.17) is 9.84 Å². The van der Waals surface area contributed by atoms with Crippen LogP contribution in [0.3, 0.4) is 0 Å². The largest absolute Gasteiger partial charge is 0.481 e. The van der Waals surface area contributed by atoms with Crippen molar-refractivity contribution in [2.24, 2.45) is 17.8 Å². The van der Waals surface area contributed by atoms with E-state index < -0.39 is 48.1 Å². The Bertz CT molecular complexity index is 472. The summed E-state index contributed by atoms with van der Waals surface area (Å²) in [7, 11) is 0. The second-order valence-corrected chi connectivity index (χ2v) is 7.02. The van der Waals surface area contributed by atoms with E-state index in [-0.39, 0.29) is 12.5 Å². The number of carboxylic acid groups (broad SMARTS) is 1. The molecule has 2 bridgehead atoms. The molecule has 4 atom stereocenters. The van der Waals surface area contributed by atoms with Gasteiger partial charge in [0.2, 0.25) is 0 Å². The zero-order chi connectivity index (χ0) is 16.9. The number of halogens is 3. The lowest BCUT2D eigenvalue weighted by atomic mass is 9.66. The Morgan fingerprint density at radius 3 is 2.36 bits per heavy atom. The highest BCUT2D eigenvalue weighted by molar-refractivity contribution is 5.70. The molecule has 5 nitrogen and oxygen atoms in total. The molecule has 1 saturated carbocycles. The molecule has 1 amide bonds. The van der Waals surface area contributed by atoms with Crippen LogP contribution >= 0.6 is 0 Å². The maximum absolute atomic E-state index is 13.1. The number of rotatable bonds is 3. The first-order chi connectivity index (χ1) is 9.90. The third kappa shape index (κ3) is 3.30. The van der Waals surface area contributed by atoms with Gasteiger partial charge < -0.3 is 14.7 Å². The number of nitrogens with zero attached hydrogens (tertiary/aromatic N) is 1. The third-order valence-electron chi connectivity index (χ3n) is 4.27. The monoisotopic (exact) mass is 323 g/mol. The Morgan fingerprint density at radius 2 is 1.91 bits per heavy atom. The van der Waals surface area contributed by atoms with Crippen LogP contribution in [0.5, 0.6) is 0 Å². The first-order valence-electron chi connectivity index (χ1n) is 7.18. The van der Waals surface area contributed by atoms with Crippen LogP contribution in [-0.2, 0) is 9.53 Å². The van der Waals surface area contributed by atoms with Gasteiger partial charge in [0.05, 0.1) is 12.3 Å². The Balaban J connectivity index is 2.10. The van der Waals surface area contributed by atoms with Crippen molar-refractivity contribution in [2.75, 3.05) is 6.54 Å². The molecule has 2 saturated heterocycles. The average molecular weight is 323 g/mol. The number of aliphatic carboxylic acids is 1. The van der Waals surface area contributed by atoms with E-state index >= 15 is 0 Å². The highest BCUT2D eigenvalue weighted by Gasteiger charge is 2.62. The van der Waals surface area contributed by atoms with Gasteiger partial charge >= 0.3 is 18.2 Å². The molecule has 0 spiro atoms. The summed E-state index contributed by atoms with van der Waals surface area (Å²) in [5, 5.41) is 8.73. The number of ether oxygens (including phenoxy) is 1. The number of alkyl halides is 3. The van der Waals surface area contributed by atoms with Gasteiger partial charge in [-0.25, -0.2) is 4.79 Å². The third-order valence-corrected chi connectivity index (χ3v) is 4.27. The molecule has 0 radical (unpaired) electrons. The summed E-state index contributed by atoms with van der Waals surface area (Å²) in [4.78, 5) is 24.1. The smallest absolute Gasteiger partial charge is 0.410 e. The normalized spacial score (nSPS) is 29.0. The fourth-order valence-corrected chi connectivity index (χ4v) is 3.45. The second kappa shape index (κ2) is 5.31. The molecule has 1 N–H and O–H groups in total. The van der Waals surface area contributed by atoms with Gasteiger partial charge in [0, 0.05) is 12.6 Å². The quantitative estimate of drug-likeness (QED) is 0.867. The highest BCUT2D eigenvalue weighted by atomic mass is 19.4. The van der Waals surface area contributed by atoms with Crippen LogP contribution in [-0.4, -0.2) is 46.4 Å². The first kappa shape index (κ1) is 16.9. The molecular formula is C14H20F3NO4. The number of hydrogen-bond acceptors (Lipinski definition) is 3. The summed E-state index contributed by atoms with van der Waals surface area (Å²) in [5.74, 6) is -4.54. The second-order valence-electron chi connectivity index (χ2n) is 7.02. The van der Waals surface area contributed by atoms with Crippen LogP contribution in [0.25, 0.3) is 0 Å². The van der Waals surface area contributed by atoms with E-state index in [9.17, 15) is 22.8 Å². The van der Waals surface area contributed by atoms with Gasteiger partial charge in [0.25, 0.3) is 0 Å². The zero-order valence-electron chi connectivity index (χ0n) is 12.7. The van der Waals surface area contributed by atoms with Gasteiger partial charge in [-0.05, 0) is 39.0 Å². The average Bonchev–Trinajstić information content (AvgIpc) is 2.81. The fourth-order valence-electron chi connectivity index (χ4n) is 3.45. The number of carboxylic acids is 1. The number of carbonyl (C=O) groups excluding carboxylic acids is 1. The molecule has 3 rings (SSSR count). The zero-order valence-corrected chi connectivity index (χ0v) is 12.7. The lowest BCUT2D eigenvalue weighted by Crippen LogP contribution is -2.50. The first-order valence-corrected chi connectivity index (χ1v) is 7.18. The van der Waals surface area contributed by atoms with E-state index in [1.165, 1.54) is 4.90 Å². The van der Waals surface area contributed by atoms with Crippen LogP contribution in [0.2, 0.25) is 0 Å². The van der Waals surface area contributed by atoms with E-state index in [2.05, 4.69) is 0 Å². The van der Waals surface area contributed by atoms with Gasteiger partial charge in [-0.3, -0.25) is 4.79 Å². The molecule has 3 aliphatic rings. The summed E-state index contributed by atoms with van der Waals surface area (Å²) in [6.07, 6.45) is -5.68. The Morgan fingerprint density at radius 1 is 1.32 bits per heavy atom. The van der Waals surface area contributed by atoms with Gasteiger partial charge in [0.1, 0.15) is 5.60 Å². The molecule has 0 aromatic carbocycles. The SMILES string of the molecule is CC(C)(C)OC(=O)N1C[C@@H]2C[C@H]1C2C(CC(=O)O)C(F)(F)F.